The number of benzene rings is 2. The number of hydrogen-bond donors (Lipinski definition) is 1. The van der Waals surface area contributed by atoms with E-state index < -0.39 is 34.1 Å². The number of amides is 2. The number of nitrogens with one attached hydrogen (secondary N) is 1. The Balaban J connectivity index is 1.21. The summed E-state index contributed by atoms with van der Waals surface area (Å²) in [5, 5.41) is 0. The molecule has 224 valence electrons. The van der Waals surface area contributed by atoms with Gasteiger partial charge in [-0.3, -0.25) is 23.8 Å². The Morgan fingerprint density at radius 2 is 1.63 bits per heavy atom. The second-order valence-corrected chi connectivity index (χ2v) is 11.5. The van der Waals surface area contributed by atoms with Crippen molar-refractivity contribution in [3.8, 4) is 5.69 Å². The summed E-state index contributed by atoms with van der Waals surface area (Å²) in [6.07, 6.45) is 1.41. The lowest BCUT2D eigenvalue weighted by Gasteiger charge is -2.34. The average molecular weight is 608 g/mol. The third-order valence-electron chi connectivity index (χ3n) is 7.15. The Morgan fingerprint density at radius 1 is 0.930 bits per heavy atom. The van der Waals surface area contributed by atoms with Crippen LogP contribution < -0.4 is 10.3 Å². The molecule has 3 heterocycles. The fourth-order valence-electron chi connectivity index (χ4n) is 4.69. The van der Waals surface area contributed by atoms with Crippen molar-refractivity contribution >= 4 is 33.5 Å². The van der Waals surface area contributed by atoms with Gasteiger partial charge >= 0.3 is 5.97 Å². The lowest BCUT2D eigenvalue weighted by molar-refractivity contribution is -0.136. The number of carbonyl (C=O) groups excluding carboxylic acids is 3. The van der Waals surface area contributed by atoms with Crippen LogP contribution in [0.25, 0.3) is 5.69 Å². The fourth-order valence-corrected chi connectivity index (χ4v) is 5.85. The Hall–Kier alpha value is -5.11. The van der Waals surface area contributed by atoms with Gasteiger partial charge in [0.15, 0.2) is 12.4 Å². The Labute approximate surface area is 246 Å². The van der Waals surface area contributed by atoms with Gasteiger partial charge in [0, 0.05) is 33.2 Å². The first-order chi connectivity index (χ1) is 20.6. The minimum absolute atomic E-state index is 0.0870. The van der Waals surface area contributed by atoms with Crippen molar-refractivity contribution in [2.75, 3.05) is 37.5 Å². The molecule has 1 N–H and O–H groups in total. The number of piperazine rings is 1. The zero-order valence-corrected chi connectivity index (χ0v) is 24.2. The monoisotopic (exact) mass is 607 g/mol. The van der Waals surface area contributed by atoms with Gasteiger partial charge in [-0.1, -0.05) is 24.3 Å². The third-order valence-corrected chi connectivity index (χ3v) is 8.50. The normalized spacial score (nSPS) is 13.5. The summed E-state index contributed by atoms with van der Waals surface area (Å²) in [4.78, 5) is 53.7. The first-order valence-corrected chi connectivity index (χ1v) is 14.8. The number of rotatable bonds is 8. The van der Waals surface area contributed by atoms with Crippen LogP contribution in [0.15, 0.2) is 87.1 Å². The predicted molar refractivity (Wildman–Crippen MR) is 154 cm³/mol. The van der Waals surface area contributed by atoms with Gasteiger partial charge in [0.05, 0.1) is 28.1 Å². The molecule has 1 fully saturated rings. The quantitative estimate of drug-likeness (QED) is 0.299. The first kappa shape index (κ1) is 29.4. The molecule has 1 aliphatic rings. The number of furan rings is 1. The van der Waals surface area contributed by atoms with E-state index in [1.165, 1.54) is 38.7 Å². The summed E-state index contributed by atoms with van der Waals surface area (Å²) in [5.74, 6) is -1.38. The summed E-state index contributed by atoms with van der Waals surface area (Å²) >= 11 is 0. The van der Waals surface area contributed by atoms with Crippen molar-refractivity contribution in [2.24, 2.45) is 7.05 Å². The molecule has 2 aromatic heterocycles. The van der Waals surface area contributed by atoms with E-state index in [1.54, 1.807) is 61.3 Å². The largest absolute Gasteiger partial charge is 0.459 e. The molecule has 1 aliphatic heterocycles. The molecule has 0 atom stereocenters. The van der Waals surface area contributed by atoms with Crippen LogP contribution in [0.2, 0.25) is 0 Å². The van der Waals surface area contributed by atoms with E-state index in [1.807, 2.05) is 0 Å². The summed E-state index contributed by atoms with van der Waals surface area (Å²) in [6.45, 7) is 2.16. The van der Waals surface area contributed by atoms with Crippen LogP contribution in [-0.4, -0.2) is 78.2 Å². The Morgan fingerprint density at radius 3 is 2.30 bits per heavy atom. The van der Waals surface area contributed by atoms with Gasteiger partial charge in [0.1, 0.15) is 5.69 Å². The lowest BCUT2D eigenvalue weighted by atomic mass is 10.2. The predicted octanol–water partition coefficient (Wildman–Crippen LogP) is 2.02. The molecule has 14 heteroatoms. The molecule has 0 spiro atoms. The Bertz CT molecular complexity index is 1820. The number of ether oxygens (including phenoxy) is 1. The minimum Gasteiger partial charge on any atom is -0.459 e. The zero-order valence-electron chi connectivity index (χ0n) is 23.4. The van der Waals surface area contributed by atoms with E-state index in [-0.39, 0.29) is 40.9 Å². The number of para-hydroxylation sites is 1. The van der Waals surface area contributed by atoms with Crippen LogP contribution >= 0.6 is 0 Å². The van der Waals surface area contributed by atoms with Crippen LogP contribution in [-0.2, 0) is 26.6 Å². The molecule has 1 saturated heterocycles. The van der Waals surface area contributed by atoms with Crippen LogP contribution in [0.1, 0.15) is 26.6 Å². The highest BCUT2D eigenvalue weighted by Gasteiger charge is 2.27. The van der Waals surface area contributed by atoms with Crippen molar-refractivity contribution in [2.45, 2.75) is 11.8 Å². The van der Waals surface area contributed by atoms with E-state index in [0.717, 1.165) is 6.07 Å². The van der Waals surface area contributed by atoms with Gasteiger partial charge in [0.2, 0.25) is 0 Å². The van der Waals surface area contributed by atoms with Crippen LogP contribution in [0.4, 0.5) is 5.69 Å². The highest BCUT2D eigenvalue weighted by molar-refractivity contribution is 7.92. The number of sulfonamides is 1. The van der Waals surface area contributed by atoms with Crippen LogP contribution in [0.3, 0.4) is 0 Å². The summed E-state index contributed by atoms with van der Waals surface area (Å²) in [7, 11) is -2.64. The molecule has 0 radical (unpaired) electrons. The molecular formula is C29H29N5O8S. The maximum absolute atomic E-state index is 13.2. The molecule has 2 aromatic carbocycles. The number of carbonyl (C=O) groups is 3. The van der Waals surface area contributed by atoms with Crippen molar-refractivity contribution in [1.29, 1.82) is 0 Å². The van der Waals surface area contributed by atoms with Gasteiger partial charge in [-0.25, -0.2) is 17.9 Å². The van der Waals surface area contributed by atoms with Crippen LogP contribution in [0, 0.1) is 6.92 Å². The van der Waals surface area contributed by atoms with E-state index in [4.69, 9.17) is 9.15 Å². The molecular weight excluding hydrogens is 578 g/mol. The summed E-state index contributed by atoms with van der Waals surface area (Å²) in [5.41, 5.74) is 0.173. The highest BCUT2D eigenvalue weighted by atomic mass is 32.2. The van der Waals surface area contributed by atoms with Crippen molar-refractivity contribution < 1.29 is 32.0 Å². The molecule has 0 bridgehead atoms. The summed E-state index contributed by atoms with van der Waals surface area (Å²) < 4.78 is 42.0. The molecule has 0 aliphatic carbocycles. The first-order valence-electron chi connectivity index (χ1n) is 13.3. The van der Waals surface area contributed by atoms with Gasteiger partial charge in [0.25, 0.3) is 27.4 Å². The van der Waals surface area contributed by atoms with Gasteiger partial charge < -0.3 is 19.0 Å². The Kier molecular flexibility index (Phi) is 8.21. The van der Waals surface area contributed by atoms with E-state index >= 15 is 0 Å². The number of hydrogen-bond acceptors (Lipinski definition) is 8. The number of anilines is 1. The second-order valence-electron chi connectivity index (χ2n) is 9.80. The lowest BCUT2D eigenvalue weighted by Crippen LogP contribution is -2.51. The standard InChI is InChI=1S/C29H29N5O8S/c1-20-26(28(37)34(31(20)2)22-9-4-3-5-10-22)30-43(39,40)23-11-6-8-21(18-23)29(38)42-19-25(35)32-13-15-33(16-14-32)27(36)24-12-7-17-41-24/h3-12,17-18,30H,13-16,19H2,1-2H3. The average Bonchev–Trinajstić information content (AvgIpc) is 3.63. The molecule has 4 aromatic rings. The maximum atomic E-state index is 13.2. The number of nitrogens with zero attached hydrogens (tertiary/aromatic N) is 4. The van der Waals surface area contributed by atoms with Crippen LogP contribution in [0.5, 0.6) is 0 Å². The molecule has 13 nitrogen and oxygen atoms in total. The van der Waals surface area contributed by atoms with Crippen molar-refractivity contribution in [1.82, 2.24) is 19.2 Å². The smallest absolute Gasteiger partial charge is 0.338 e. The van der Waals surface area contributed by atoms with E-state index in [2.05, 4.69) is 4.72 Å². The van der Waals surface area contributed by atoms with Gasteiger partial charge in [-0.05, 0) is 49.4 Å². The van der Waals surface area contributed by atoms with Crippen molar-refractivity contribution in [3.63, 3.8) is 0 Å². The van der Waals surface area contributed by atoms with Crippen molar-refractivity contribution in [3.05, 3.63) is 100 Å². The molecule has 43 heavy (non-hydrogen) atoms. The molecule has 5 rings (SSSR count). The van der Waals surface area contributed by atoms with Gasteiger partial charge in [-0.15, -0.1) is 0 Å². The third kappa shape index (κ3) is 6.09. The maximum Gasteiger partial charge on any atom is 0.338 e. The topological polar surface area (TPSA) is 153 Å². The minimum atomic E-state index is -4.28. The van der Waals surface area contributed by atoms with Gasteiger partial charge in [-0.2, -0.15) is 0 Å². The molecule has 0 unspecified atom stereocenters. The highest BCUT2D eigenvalue weighted by Crippen LogP contribution is 2.20. The SMILES string of the molecule is Cc1c(NS(=O)(=O)c2cccc(C(=O)OCC(=O)N3CCN(C(=O)c4ccco4)CC3)c2)c(=O)n(-c2ccccc2)n1C. The molecule has 0 saturated carbocycles. The second kappa shape index (κ2) is 12.0. The van der Waals surface area contributed by atoms with E-state index in [9.17, 15) is 27.6 Å². The number of esters is 1. The summed E-state index contributed by atoms with van der Waals surface area (Å²) in [6, 6.07) is 17.1. The van der Waals surface area contributed by atoms with E-state index in [0.29, 0.717) is 24.5 Å². The molecule has 2 amide bonds. The fraction of sp³-hybridized carbons (Fsp3) is 0.241. The number of aromatic nitrogens is 2. The zero-order chi connectivity index (χ0) is 30.7.